The fourth-order valence-electron chi connectivity index (χ4n) is 1.58. The van der Waals surface area contributed by atoms with Gasteiger partial charge >= 0.3 is 5.97 Å². The molecule has 0 fully saturated rings. The number of Topliss-reactive ketones (excluding diaryl/α,β-unsaturated/α-hetero) is 2. The van der Waals surface area contributed by atoms with Gasteiger partial charge in [0.15, 0.2) is 5.78 Å². The molecular weight excluding hydrogens is 246 g/mol. The second-order valence-corrected chi connectivity index (χ2v) is 4.50. The predicted molar refractivity (Wildman–Crippen MR) is 68.5 cm³/mol. The Balaban J connectivity index is 2.95. The monoisotopic (exact) mass is 263 g/mol. The third-order valence-electron chi connectivity index (χ3n) is 2.82. The van der Waals surface area contributed by atoms with Gasteiger partial charge in [0.2, 0.25) is 0 Å². The number of carbonyl (C=O) groups is 3. The second kappa shape index (κ2) is 6.78. The molecule has 1 aromatic heterocycles. The Hall–Kier alpha value is -2.04. The van der Waals surface area contributed by atoms with Crippen LogP contribution < -0.4 is 0 Å². The van der Waals surface area contributed by atoms with Crippen LogP contribution in [0.5, 0.6) is 0 Å². The minimum Gasteiger partial charge on any atom is -0.468 e. The fourth-order valence-corrected chi connectivity index (χ4v) is 1.58. The SMILES string of the molecule is COC(=O)C(CC(=O)C(C)C)C(=O)c1ccncc1. The largest absolute Gasteiger partial charge is 0.468 e. The van der Waals surface area contributed by atoms with Crippen LogP contribution in [-0.4, -0.2) is 29.6 Å². The lowest BCUT2D eigenvalue weighted by atomic mass is 9.90. The molecule has 5 heteroatoms. The number of aromatic nitrogens is 1. The number of hydrogen-bond donors (Lipinski definition) is 0. The van der Waals surface area contributed by atoms with E-state index in [1.165, 1.54) is 31.6 Å². The van der Waals surface area contributed by atoms with Gasteiger partial charge in [-0.15, -0.1) is 0 Å². The van der Waals surface area contributed by atoms with Crippen molar-refractivity contribution in [2.45, 2.75) is 20.3 Å². The van der Waals surface area contributed by atoms with E-state index in [-0.39, 0.29) is 18.1 Å². The molecule has 0 aliphatic heterocycles. The summed E-state index contributed by atoms with van der Waals surface area (Å²) in [6.07, 6.45) is 2.79. The van der Waals surface area contributed by atoms with Crippen molar-refractivity contribution in [2.75, 3.05) is 7.11 Å². The van der Waals surface area contributed by atoms with Crippen molar-refractivity contribution in [1.29, 1.82) is 0 Å². The Morgan fingerprint density at radius 2 is 1.79 bits per heavy atom. The topological polar surface area (TPSA) is 73.3 Å². The molecule has 102 valence electrons. The Morgan fingerprint density at radius 3 is 2.26 bits per heavy atom. The Morgan fingerprint density at radius 1 is 1.21 bits per heavy atom. The zero-order valence-corrected chi connectivity index (χ0v) is 11.3. The summed E-state index contributed by atoms with van der Waals surface area (Å²) in [5.41, 5.74) is 0.349. The molecule has 0 saturated heterocycles. The maximum Gasteiger partial charge on any atom is 0.317 e. The quantitative estimate of drug-likeness (QED) is 0.443. The molecule has 0 bridgehead atoms. The molecule has 1 aromatic rings. The average Bonchev–Trinajstić information content (AvgIpc) is 2.43. The van der Waals surface area contributed by atoms with Crippen molar-refractivity contribution in [3.8, 4) is 0 Å². The van der Waals surface area contributed by atoms with Gasteiger partial charge in [-0.1, -0.05) is 13.8 Å². The maximum absolute atomic E-state index is 12.2. The van der Waals surface area contributed by atoms with E-state index in [0.29, 0.717) is 5.56 Å². The van der Waals surface area contributed by atoms with Crippen molar-refractivity contribution in [3.05, 3.63) is 30.1 Å². The standard InChI is InChI=1S/C14H17NO4/c1-9(2)12(16)8-11(14(18)19-3)13(17)10-4-6-15-7-5-10/h4-7,9,11H,8H2,1-3H3. The van der Waals surface area contributed by atoms with Crippen LogP contribution in [0.4, 0.5) is 0 Å². The molecule has 1 rings (SSSR count). The molecule has 0 aliphatic carbocycles. The zero-order valence-electron chi connectivity index (χ0n) is 11.3. The number of nitrogens with zero attached hydrogens (tertiary/aromatic N) is 1. The molecule has 0 saturated carbocycles. The number of esters is 1. The minimum atomic E-state index is -1.08. The van der Waals surface area contributed by atoms with Gasteiger partial charge in [0.1, 0.15) is 11.7 Å². The number of hydrogen-bond acceptors (Lipinski definition) is 5. The lowest BCUT2D eigenvalue weighted by Crippen LogP contribution is -2.29. The molecule has 0 N–H and O–H groups in total. The van der Waals surface area contributed by atoms with Gasteiger partial charge in [-0.3, -0.25) is 19.4 Å². The summed E-state index contributed by atoms with van der Waals surface area (Å²) in [4.78, 5) is 39.4. The summed E-state index contributed by atoms with van der Waals surface area (Å²) in [6, 6.07) is 3.02. The third kappa shape index (κ3) is 3.98. The average molecular weight is 263 g/mol. The van der Waals surface area contributed by atoms with E-state index in [1.54, 1.807) is 13.8 Å². The first kappa shape index (κ1) is 15.0. The maximum atomic E-state index is 12.2. The van der Waals surface area contributed by atoms with Gasteiger partial charge < -0.3 is 4.74 Å². The summed E-state index contributed by atoms with van der Waals surface area (Å²) in [5.74, 6) is -2.54. The molecule has 1 atom stereocenters. The highest BCUT2D eigenvalue weighted by atomic mass is 16.5. The lowest BCUT2D eigenvalue weighted by Gasteiger charge is -2.14. The number of methoxy groups -OCH3 is 1. The van der Waals surface area contributed by atoms with Crippen LogP contribution in [0.3, 0.4) is 0 Å². The summed E-state index contributed by atoms with van der Waals surface area (Å²) in [5, 5.41) is 0. The van der Waals surface area contributed by atoms with Crippen LogP contribution in [0.2, 0.25) is 0 Å². The highest BCUT2D eigenvalue weighted by Crippen LogP contribution is 2.16. The van der Waals surface area contributed by atoms with E-state index in [4.69, 9.17) is 0 Å². The highest BCUT2D eigenvalue weighted by molar-refractivity contribution is 6.10. The Bertz CT molecular complexity index is 468. The smallest absolute Gasteiger partial charge is 0.317 e. The zero-order chi connectivity index (χ0) is 14.4. The summed E-state index contributed by atoms with van der Waals surface area (Å²) in [6.45, 7) is 3.46. The predicted octanol–water partition coefficient (Wildman–Crippen LogP) is 1.67. The molecule has 19 heavy (non-hydrogen) atoms. The van der Waals surface area contributed by atoms with Crippen LogP contribution in [0, 0.1) is 11.8 Å². The van der Waals surface area contributed by atoms with Gasteiger partial charge in [0.25, 0.3) is 0 Å². The van der Waals surface area contributed by atoms with Crippen LogP contribution in [-0.2, 0) is 14.3 Å². The van der Waals surface area contributed by atoms with Crippen LogP contribution in [0.25, 0.3) is 0 Å². The first-order valence-electron chi connectivity index (χ1n) is 6.02. The third-order valence-corrected chi connectivity index (χ3v) is 2.82. The van der Waals surface area contributed by atoms with Gasteiger partial charge in [-0.2, -0.15) is 0 Å². The minimum absolute atomic E-state index is 0.133. The van der Waals surface area contributed by atoms with Gasteiger partial charge in [-0.25, -0.2) is 0 Å². The van der Waals surface area contributed by atoms with Crippen LogP contribution >= 0.6 is 0 Å². The van der Waals surface area contributed by atoms with Gasteiger partial charge in [0, 0.05) is 30.3 Å². The lowest BCUT2D eigenvalue weighted by molar-refractivity contribution is -0.145. The Labute approximate surface area is 112 Å². The Kier molecular flexibility index (Phi) is 5.36. The highest BCUT2D eigenvalue weighted by Gasteiger charge is 2.31. The van der Waals surface area contributed by atoms with E-state index < -0.39 is 17.7 Å². The van der Waals surface area contributed by atoms with Crippen LogP contribution in [0.15, 0.2) is 24.5 Å². The summed E-state index contributed by atoms with van der Waals surface area (Å²) in [7, 11) is 1.20. The van der Waals surface area contributed by atoms with Crippen molar-refractivity contribution >= 4 is 17.5 Å². The number of carbonyl (C=O) groups excluding carboxylic acids is 3. The molecule has 0 amide bonds. The van der Waals surface area contributed by atoms with Crippen molar-refractivity contribution in [1.82, 2.24) is 4.98 Å². The number of ketones is 2. The van der Waals surface area contributed by atoms with Crippen molar-refractivity contribution in [3.63, 3.8) is 0 Å². The normalized spacial score (nSPS) is 12.0. The number of rotatable bonds is 6. The number of pyridine rings is 1. The van der Waals surface area contributed by atoms with E-state index in [9.17, 15) is 14.4 Å². The summed E-state index contributed by atoms with van der Waals surface area (Å²) >= 11 is 0. The molecule has 0 aliphatic rings. The van der Waals surface area contributed by atoms with E-state index in [2.05, 4.69) is 9.72 Å². The molecule has 0 aromatic carbocycles. The van der Waals surface area contributed by atoms with Gasteiger partial charge in [-0.05, 0) is 12.1 Å². The first-order valence-corrected chi connectivity index (χ1v) is 6.02. The first-order chi connectivity index (χ1) is 8.97. The van der Waals surface area contributed by atoms with Crippen molar-refractivity contribution in [2.24, 2.45) is 11.8 Å². The van der Waals surface area contributed by atoms with E-state index in [1.807, 2.05) is 0 Å². The molecule has 1 heterocycles. The molecule has 1 unspecified atom stereocenters. The molecule has 5 nitrogen and oxygen atoms in total. The molecular formula is C14H17NO4. The fraction of sp³-hybridized carbons (Fsp3) is 0.429. The molecule has 0 spiro atoms. The van der Waals surface area contributed by atoms with E-state index in [0.717, 1.165) is 0 Å². The van der Waals surface area contributed by atoms with Crippen LogP contribution in [0.1, 0.15) is 30.6 Å². The van der Waals surface area contributed by atoms with Crippen molar-refractivity contribution < 1.29 is 19.1 Å². The second-order valence-electron chi connectivity index (χ2n) is 4.50. The molecule has 0 radical (unpaired) electrons. The summed E-state index contributed by atoms with van der Waals surface area (Å²) < 4.78 is 4.61. The van der Waals surface area contributed by atoms with Gasteiger partial charge in [0.05, 0.1) is 7.11 Å². The number of ether oxygens (including phenoxy) is 1. The van der Waals surface area contributed by atoms with E-state index >= 15 is 0 Å².